The van der Waals surface area contributed by atoms with E-state index in [1.165, 1.54) is 12.1 Å². The lowest BCUT2D eigenvalue weighted by molar-refractivity contribution is -0.132. The molecular weight excluding hydrogens is 364 g/mol. The summed E-state index contributed by atoms with van der Waals surface area (Å²) in [6.07, 6.45) is 0.885. The molecule has 1 heterocycles. The van der Waals surface area contributed by atoms with Gasteiger partial charge in [-0.25, -0.2) is 0 Å². The summed E-state index contributed by atoms with van der Waals surface area (Å²) in [5.41, 5.74) is 6.99. The van der Waals surface area contributed by atoms with Crippen LogP contribution in [-0.2, 0) is 11.3 Å². The molecule has 148 valence electrons. The van der Waals surface area contributed by atoms with Crippen molar-refractivity contribution in [3.05, 3.63) is 29.8 Å². The van der Waals surface area contributed by atoms with Crippen molar-refractivity contribution >= 4 is 18.3 Å². The van der Waals surface area contributed by atoms with Crippen LogP contribution in [0.4, 0.5) is 8.78 Å². The SMILES string of the molecule is CN(Cc1ccc(OC(F)F)cc1)C(=O)CN1CCC(N)C(C)(C)C1.Cl. The zero-order chi connectivity index (χ0) is 18.6. The van der Waals surface area contributed by atoms with Gasteiger partial charge in [-0.15, -0.1) is 12.4 Å². The minimum Gasteiger partial charge on any atom is -0.435 e. The Hall–Kier alpha value is -1.44. The number of carbonyl (C=O) groups is 1. The molecule has 2 rings (SSSR count). The molecule has 26 heavy (non-hydrogen) atoms. The Morgan fingerprint density at radius 1 is 1.38 bits per heavy atom. The molecule has 1 aromatic rings. The first-order chi connectivity index (χ1) is 11.7. The number of piperidine rings is 1. The van der Waals surface area contributed by atoms with Crippen LogP contribution in [-0.4, -0.2) is 55.0 Å². The summed E-state index contributed by atoms with van der Waals surface area (Å²) in [7, 11) is 1.74. The number of rotatable bonds is 6. The fourth-order valence-electron chi connectivity index (χ4n) is 3.07. The first kappa shape index (κ1) is 22.6. The maximum absolute atomic E-state index is 12.4. The number of likely N-dealkylation sites (N-methyl/N-ethyl adjacent to an activating group) is 1. The van der Waals surface area contributed by atoms with Gasteiger partial charge in [0.05, 0.1) is 6.54 Å². The van der Waals surface area contributed by atoms with Crippen molar-refractivity contribution in [3.63, 3.8) is 0 Å². The third-order valence-corrected chi connectivity index (χ3v) is 4.74. The number of carbonyl (C=O) groups excluding carboxylic acids is 1. The average molecular weight is 392 g/mol. The Morgan fingerprint density at radius 2 is 2.00 bits per heavy atom. The second kappa shape index (κ2) is 9.48. The van der Waals surface area contributed by atoms with E-state index in [0.717, 1.165) is 25.1 Å². The largest absolute Gasteiger partial charge is 0.435 e. The van der Waals surface area contributed by atoms with Crippen LogP contribution < -0.4 is 10.5 Å². The van der Waals surface area contributed by atoms with E-state index in [0.29, 0.717) is 13.1 Å². The van der Waals surface area contributed by atoms with E-state index in [1.54, 1.807) is 24.1 Å². The Balaban J connectivity index is 0.00000338. The lowest BCUT2D eigenvalue weighted by Crippen LogP contribution is -2.54. The Bertz CT molecular complexity index is 584. The topological polar surface area (TPSA) is 58.8 Å². The first-order valence-electron chi connectivity index (χ1n) is 8.43. The predicted molar refractivity (Wildman–Crippen MR) is 99.6 cm³/mol. The predicted octanol–water partition coefficient (Wildman–Crippen LogP) is 2.73. The van der Waals surface area contributed by atoms with Gasteiger partial charge >= 0.3 is 6.61 Å². The molecule has 1 saturated heterocycles. The van der Waals surface area contributed by atoms with Gasteiger partial charge in [-0.2, -0.15) is 8.78 Å². The zero-order valence-corrected chi connectivity index (χ0v) is 16.3. The third kappa shape index (κ3) is 6.37. The highest BCUT2D eigenvalue weighted by Crippen LogP contribution is 2.27. The molecule has 1 amide bonds. The lowest BCUT2D eigenvalue weighted by Gasteiger charge is -2.42. The van der Waals surface area contributed by atoms with Crippen molar-refractivity contribution in [2.75, 3.05) is 26.7 Å². The highest BCUT2D eigenvalue weighted by molar-refractivity contribution is 5.85. The van der Waals surface area contributed by atoms with Crippen LogP contribution >= 0.6 is 12.4 Å². The van der Waals surface area contributed by atoms with E-state index < -0.39 is 6.61 Å². The quantitative estimate of drug-likeness (QED) is 0.810. The van der Waals surface area contributed by atoms with Gasteiger partial charge in [0.2, 0.25) is 5.91 Å². The normalized spacial score (nSPS) is 19.7. The van der Waals surface area contributed by atoms with Crippen molar-refractivity contribution in [2.24, 2.45) is 11.1 Å². The van der Waals surface area contributed by atoms with Gasteiger partial charge in [-0.1, -0.05) is 26.0 Å². The van der Waals surface area contributed by atoms with Crippen molar-refractivity contribution in [3.8, 4) is 5.75 Å². The average Bonchev–Trinajstić information content (AvgIpc) is 2.52. The van der Waals surface area contributed by atoms with Crippen molar-refractivity contribution in [1.29, 1.82) is 0 Å². The molecule has 1 unspecified atom stereocenters. The van der Waals surface area contributed by atoms with Crippen LogP contribution in [0.1, 0.15) is 25.8 Å². The molecular formula is C18H28ClF2N3O2. The van der Waals surface area contributed by atoms with Crippen molar-refractivity contribution in [2.45, 2.75) is 39.5 Å². The molecule has 8 heteroatoms. The summed E-state index contributed by atoms with van der Waals surface area (Å²) in [5, 5.41) is 0. The van der Waals surface area contributed by atoms with E-state index in [4.69, 9.17) is 5.73 Å². The van der Waals surface area contributed by atoms with Crippen LogP contribution in [0, 0.1) is 5.41 Å². The maximum atomic E-state index is 12.4. The standard InChI is InChI=1S/C18H27F2N3O2.ClH/c1-18(2)12-23(9-8-15(18)21)11-16(24)22(3)10-13-4-6-14(7-5-13)25-17(19)20;/h4-7,15,17H,8-12,21H2,1-3H3;1H. The summed E-state index contributed by atoms with van der Waals surface area (Å²) in [4.78, 5) is 16.2. The van der Waals surface area contributed by atoms with Crippen LogP contribution in [0.2, 0.25) is 0 Å². The minimum atomic E-state index is -2.84. The number of ether oxygens (including phenoxy) is 1. The summed E-state index contributed by atoms with van der Waals surface area (Å²) >= 11 is 0. The number of nitrogens with two attached hydrogens (primary N) is 1. The first-order valence-corrected chi connectivity index (χ1v) is 8.43. The van der Waals surface area contributed by atoms with E-state index >= 15 is 0 Å². The summed E-state index contributed by atoms with van der Waals surface area (Å²) < 4.78 is 28.6. The molecule has 0 aromatic heterocycles. The molecule has 0 radical (unpaired) electrons. The number of hydrogen-bond acceptors (Lipinski definition) is 4. The number of benzene rings is 1. The Kier molecular flexibility index (Phi) is 8.24. The van der Waals surface area contributed by atoms with Gasteiger partial charge in [0, 0.05) is 32.7 Å². The van der Waals surface area contributed by atoms with Gasteiger partial charge in [0.1, 0.15) is 5.75 Å². The van der Waals surface area contributed by atoms with E-state index in [9.17, 15) is 13.6 Å². The van der Waals surface area contributed by atoms with Gasteiger partial charge in [0.25, 0.3) is 0 Å². The summed E-state index contributed by atoms with van der Waals surface area (Å²) in [6.45, 7) is 3.82. The summed E-state index contributed by atoms with van der Waals surface area (Å²) in [6, 6.07) is 6.49. The second-order valence-corrected chi connectivity index (χ2v) is 7.37. The molecule has 1 fully saturated rings. The third-order valence-electron chi connectivity index (χ3n) is 4.74. The van der Waals surface area contributed by atoms with E-state index in [2.05, 4.69) is 23.5 Å². The molecule has 0 saturated carbocycles. The van der Waals surface area contributed by atoms with Crippen molar-refractivity contribution < 1.29 is 18.3 Å². The second-order valence-electron chi connectivity index (χ2n) is 7.37. The number of halogens is 3. The van der Waals surface area contributed by atoms with Crippen molar-refractivity contribution in [1.82, 2.24) is 9.80 Å². The van der Waals surface area contributed by atoms with Gasteiger partial charge < -0.3 is 15.4 Å². The van der Waals surface area contributed by atoms with Crippen LogP contribution in [0.3, 0.4) is 0 Å². The van der Waals surface area contributed by atoms with E-state index in [1.807, 2.05) is 0 Å². The van der Waals surface area contributed by atoms with Crippen LogP contribution in [0.25, 0.3) is 0 Å². The molecule has 1 atom stereocenters. The summed E-state index contributed by atoms with van der Waals surface area (Å²) in [5.74, 6) is 0.138. The molecule has 1 aliphatic rings. The lowest BCUT2D eigenvalue weighted by atomic mass is 9.80. The number of likely N-dealkylation sites (tertiary alicyclic amines) is 1. The molecule has 1 aromatic carbocycles. The van der Waals surface area contributed by atoms with Gasteiger partial charge in [0.15, 0.2) is 0 Å². The number of hydrogen-bond donors (Lipinski definition) is 1. The fraction of sp³-hybridized carbons (Fsp3) is 0.611. The molecule has 5 nitrogen and oxygen atoms in total. The molecule has 0 aliphatic carbocycles. The van der Waals surface area contributed by atoms with Gasteiger partial charge in [-0.3, -0.25) is 9.69 Å². The fourth-order valence-corrected chi connectivity index (χ4v) is 3.07. The molecule has 0 spiro atoms. The minimum absolute atomic E-state index is 0. The monoisotopic (exact) mass is 391 g/mol. The smallest absolute Gasteiger partial charge is 0.387 e. The van der Waals surface area contributed by atoms with Crippen LogP contribution in [0.5, 0.6) is 5.75 Å². The number of nitrogens with zero attached hydrogens (tertiary/aromatic N) is 2. The van der Waals surface area contributed by atoms with E-state index in [-0.39, 0.29) is 35.5 Å². The highest BCUT2D eigenvalue weighted by Gasteiger charge is 2.34. The zero-order valence-electron chi connectivity index (χ0n) is 15.5. The molecule has 0 bridgehead atoms. The van der Waals surface area contributed by atoms with Gasteiger partial charge in [-0.05, 0) is 29.5 Å². The Labute approximate surface area is 159 Å². The maximum Gasteiger partial charge on any atom is 0.387 e. The molecule has 2 N–H and O–H groups in total. The number of amides is 1. The molecule has 1 aliphatic heterocycles. The number of alkyl halides is 2. The highest BCUT2D eigenvalue weighted by atomic mass is 35.5. The van der Waals surface area contributed by atoms with Crippen LogP contribution in [0.15, 0.2) is 24.3 Å². The Morgan fingerprint density at radius 3 is 2.54 bits per heavy atom.